The third-order valence-electron chi connectivity index (χ3n) is 13.5. The Hall–Kier alpha value is -4.71. The SMILES string of the molecule is CC1CCC(CNc2ncc(S(=O)(=O)NC(=O)c3ccc(N4CCC5(CC4)CC(N4CCSC[C@H]4c4ccccc4Br)C5)cc3Oc3cnc4[nH]ccc4c3)cc2[N+](=O)[O-])CC1. The van der Waals surface area contributed by atoms with Gasteiger partial charge in [-0.05, 0) is 91.7 Å². The molecule has 0 radical (unpaired) electrons. The molecule has 3 N–H and O–H groups in total. The van der Waals surface area contributed by atoms with Gasteiger partial charge in [0.15, 0.2) is 0 Å². The van der Waals surface area contributed by atoms with Gasteiger partial charge in [-0.15, -0.1) is 0 Å². The molecule has 326 valence electrons. The van der Waals surface area contributed by atoms with E-state index in [0.717, 1.165) is 93.0 Å². The molecule has 1 amide bonds. The topological polar surface area (TPSA) is 176 Å². The quantitative estimate of drug-likeness (QED) is 0.0800. The van der Waals surface area contributed by atoms with Crippen molar-refractivity contribution in [1.82, 2.24) is 24.6 Å². The Bertz CT molecular complexity index is 2570. The van der Waals surface area contributed by atoms with Crippen LogP contribution in [-0.4, -0.2) is 82.8 Å². The summed E-state index contributed by atoms with van der Waals surface area (Å²) in [6, 6.07) is 19.3. The molecule has 62 heavy (non-hydrogen) atoms. The average molecular weight is 944 g/mol. The zero-order valence-electron chi connectivity index (χ0n) is 34.6. The number of thioether (sulfide) groups is 1. The number of aromatic nitrogens is 3. The van der Waals surface area contributed by atoms with Crippen molar-refractivity contribution in [2.45, 2.75) is 75.3 Å². The van der Waals surface area contributed by atoms with Crippen LogP contribution in [0.15, 0.2) is 88.6 Å². The number of nitrogens with one attached hydrogen (secondary N) is 3. The first kappa shape index (κ1) is 42.6. The maximum absolute atomic E-state index is 13.9. The number of hydrogen-bond acceptors (Lipinski definition) is 12. The van der Waals surface area contributed by atoms with Gasteiger partial charge in [0.25, 0.3) is 15.9 Å². The lowest BCUT2D eigenvalue weighted by Gasteiger charge is -2.57. The fourth-order valence-electron chi connectivity index (χ4n) is 9.84. The fraction of sp³-hybridized carbons (Fsp3) is 0.444. The van der Waals surface area contributed by atoms with Gasteiger partial charge in [0.2, 0.25) is 5.82 Å². The summed E-state index contributed by atoms with van der Waals surface area (Å²) in [6.07, 6.45) is 13.0. The van der Waals surface area contributed by atoms with Crippen LogP contribution in [0, 0.1) is 27.4 Å². The van der Waals surface area contributed by atoms with Crippen molar-refractivity contribution in [3.63, 3.8) is 0 Å². The molecule has 2 saturated heterocycles. The van der Waals surface area contributed by atoms with Crippen molar-refractivity contribution >= 4 is 71.8 Å². The molecule has 0 unspecified atom stereocenters. The largest absolute Gasteiger partial charge is 0.455 e. The number of aromatic amines is 1. The minimum Gasteiger partial charge on any atom is -0.455 e. The van der Waals surface area contributed by atoms with Gasteiger partial charge in [0, 0.05) is 83.6 Å². The molecule has 2 saturated carbocycles. The predicted octanol–water partition coefficient (Wildman–Crippen LogP) is 9.32. The molecule has 4 fully saturated rings. The van der Waals surface area contributed by atoms with Crippen LogP contribution in [0.1, 0.15) is 80.3 Å². The van der Waals surface area contributed by atoms with Gasteiger partial charge in [-0.3, -0.25) is 19.8 Å². The van der Waals surface area contributed by atoms with Crippen LogP contribution in [0.25, 0.3) is 11.0 Å². The first-order chi connectivity index (χ1) is 29.9. The van der Waals surface area contributed by atoms with Crippen molar-refractivity contribution in [3.05, 3.63) is 105 Å². The Morgan fingerprint density at radius 1 is 1.03 bits per heavy atom. The van der Waals surface area contributed by atoms with E-state index in [1.165, 1.54) is 22.9 Å². The van der Waals surface area contributed by atoms with Gasteiger partial charge >= 0.3 is 5.69 Å². The summed E-state index contributed by atoms with van der Waals surface area (Å²) in [4.78, 5) is 41.5. The van der Waals surface area contributed by atoms with Crippen molar-refractivity contribution in [3.8, 4) is 11.5 Å². The second-order valence-corrected chi connectivity index (χ2v) is 21.2. The number of anilines is 2. The van der Waals surface area contributed by atoms with E-state index in [1.807, 2.05) is 23.9 Å². The number of hydrogen-bond donors (Lipinski definition) is 3. The van der Waals surface area contributed by atoms with E-state index < -0.39 is 31.4 Å². The molecule has 2 aliphatic carbocycles. The zero-order chi connectivity index (χ0) is 43.0. The van der Waals surface area contributed by atoms with E-state index in [0.29, 0.717) is 47.3 Å². The minimum atomic E-state index is -4.59. The number of H-pyrrole nitrogens is 1. The van der Waals surface area contributed by atoms with E-state index in [1.54, 1.807) is 30.6 Å². The third kappa shape index (κ3) is 9.04. The van der Waals surface area contributed by atoms with Crippen molar-refractivity contribution in [1.29, 1.82) is 0 Å². The van der Waals surface area contributed by atoms with Crippen LogP contribution in [0.3, 0.4) is 0 Å². The number of benzene rings is 2. The fourth-order valence-corrected chi connectivity index (χ4v) is 12.4. The summed E-state index contributed by atoms with van der Waals surface area (Å²) in [6.45, 7) is 5.49. The Morgan fingerprint density at radius 2 is 1.82 bits per heavy atom. The second kappa shape index (κ2) is 17.8. The molecule has 2 aliphatic heterocycles. The number of carbonyl (C=O) groups is 1. The molecule has 5 aromatic rings. The number of rotatable bonds is 12. The molecule has 0 bridgehead atoms. The Balaban J connectivity index is 0.903. The molecule has 17 heteroatoms. The number of piperidine rings is 1. The molecule has 1 spiro atoms. The number of fused-ring (bicyclic) bond motifs is 1. The first-order valence-corrected chi connectivity index (χ1v) is 24.9. The van der Waals surface area contributed by atoms with Crippen LogP contribution in [0.5, 0.6) is 11.5 Å². The Labute approximate surface area is 374 Å². The van der Waals surface area contributed by atoms with Crippen LogP contribution < -0.4 is 19.7 Å². The van der Waals surface area contributed by atoms with E-state index >= 15 is 0 Å². The first-order valence-electron chi connectivity index (χ1n) is 21.5. The number of sulfonamides is 1. The second-order valence-electron chi connectivity index (χ2n) is 17.5. The molecule has 3 aromatic heterocycles. The van der Waals surface area contributed by atoms with Crippen LogP contribution >= 0.6 is 27.7 Å². The molecule has 4 aliphatic rings. The summed E-state index contributed by atoms with van der Waals surface area (Å²) in [5.74, 6) is 2.83. The zero-order valence-corrected chi connectivity index (χ0v) is 37.8. The number of carbonyl (C=O) groups excluding carboxylic acids is 1. The van der Waals surface area contributed by atoms with Gasteiger partial charge in [0.1, 0.15) is 22.0 Å². The van der Waals surface area contributed by atoms with E-state index in [2.05, 4.69) is 81.9 Å². The van der Waals surface area contributed by atoms with E-state index in [4.69, 9.17) is 4.74 Å². The molecule has 2 aromatic carbocycles. The van der Waals surface area contributed by atoms with Gasteiger partial charge in [-0.1, -0.05) is 53.9 Å². The summed E-state index contributed by atoms with van der Waals surface area (Å²) in [5.41, 5.74) is 2.68. The van der Waals surface area contributed by atoms with Gasteiger partial charge < -0.3 is 19.9 Å². The highest BCUT2D eigenvalue weighted by Crippen LogP contribution is 2.54. The predicted molar refractivity (Wildman–Crippen MR) is 246 cm³/mol. The standard InChI is InChI=1S/C45H51BrN8O6S2/c1-29-6-8-30(9-7-29)25-48-43-39(54(56)57)22-35(27-50-43)62(58,59)51-44(55)37-11-10-32(21-41(37)60-34-20-31-12-15-47-42(31)49-26-34)52-16-13-45(14-17-52)23-33(24-45)53-18-19-61-28-40(53)36-4-2-3-5-38(36)46/h2-5,10-12,15,20-22,26-27,29-30,33,40H,6-9,13-14,16-19,23-25,28H2,1H3,(H,47,49)(H,48,50)(H,51,55)/t29?,30?,40-/m0/s1. The number of amides is 1. The van der Waals surface area contributed by atoms with Crippen molar-refractivity contribution < 1.29 is 22.9 Å². The summed E-state index contributed by atoms with van der Waals surface area (Å²) >= 11 is 5.84. The third-order valence-corrected chi connectivity index (χ3v) is 16.6. The number of nitro groups is 1. The van der Waals surface area contributed by atoms with Gasteiger partial charge in [0.05, 0.1) is 22.9 Å². The monoisotopic (exact) mass is 942 g/mol. The smallest absolute Gasteiger partial charge is 0.312 e. The van der Waals surface area contributed by atoms with Crippen molar-refractivity contribution in [2.24, 2.45) is 17.3 Å². The van der Waals surface area contributed by atoms with E-state index in [-0.39, 0.29) is 17.1 Å². The van der Waals surface area contributed by atoms with Crippen LogP contribution in [-0.2, 0) is 10.0 Å². The number of halogens is 1. The number of pyridine rings is 2. The summed E-state index contributed by atoms with van der Waals surface area (Å²) in [5, 5.41) is 16.0. The molecular weight excluding hydrogens is 893 g/mol. The van der Waals surface area contributed by atoms with Crippen molar-refractivity contribution in [2.75, 3.05) is 47.9 Å². The Morgan fingerprint density at radius 3 is 2.60 bits per heavy atom. The Kier molecular flexibility index (Phi) is 12.2. The highest BCUT2D eigenvalue weighted by Gasteiger charge is 2.49. The lowest BCUT2D eigenvalue weighted by molar-refractivity contribution is -0.384. The van der Waals surface area contributed by atoms with Gasteiger partial charge in [-0.2, -0.15) is 11.8 Å². The highest BCUT2D eigenvalue weighted by atomic mass is 79.9. The summed E-state index contributed by atoms with van der Waals surface area (Å²) in [7, 11) is -4.59. The molecule has 14 nitrogen and oxygen atoms in total. The molecular formula is C45H51BrN8O6S2. The molecule has 1 atom stereocenters. The maximum atomic E-state index is 13.9. The molecule has 5 heterocycles. The maximum Gasteiger partial charge on any atom is 0.312 e. The number of nitrogens with zero attached hydrogens (tertiary/aromatic N) is 5. The lowest BCUT2D eigenvalue weighted by atomic mass is 9.59. The van der Waals surface area contributed by atoms with Gasteiger partial charge in [-0.25, -0.2) is 23.1 Å². The minimum absolute atomic E-state index is 0.00906. The average Bonchev–Trinajstić information content (AvgIpc) is 3.73. The van der Waals surface area contributed by atoms with Crippen LogP contribution in [0.2, 0.25) is 0 Å². The summed E-state index contributed by atoms with van der Waals surface area (Å²) < 4.78 is 37.0. The lowest BCUT2D eigenvalue weighted by Crippen LogP contribution is -2.57. The molecule has 9 rings (SSSR count). The van der Waals surface area contributed by atoms with Crippen LogP contribution in [0.4, 0.5) is 17.2 Å². The van der Waals surface area contributed by atoms with E-state index in [9.17, 15) is 23.3 Å². The highest BCUT2D eigenvalue weighted by molar-refractivity contribution is 9.10. The number of ether oxygens (including phenoxy) is 1. The normalized spacial score (nSPS) is 22.0.